The number of halogens is 2. The van der Waals surface area contributed by atoms with E-state index < -0.39 is 10.0 Å². The maximum atomic E-state index is 12.4. The van der Waals surface area contributed by atoms with Crippen LogP contribution < -0.4 is 10.0 Å². The zero-order chi connectivity index (χ0) is 18.6. The third-order valence-corrected chi connectivity index (χ3v) is 6.27. The van der Waals surface area contributed by atoms with Gasteiger partial charge in [-0.05, 0) is 51.8 Å². The van der Waals surface area contributed by atoms with E-state index in [1.165, 1.54) is 6.07 Å². The number of hydrogen-bond acceptors (Lipinski definition) is 3. The van der Waals surface area contributed by atoms with Gasteiger partial charge in [-0.15, -0.1) is 0 Å². The molecule has 2 N–H and O–H groups in total. The van der Waals surface area contributed by atoms with Gasteiger partial charge >= 0.3 is 0 Å². The summed E-state index contributed by atoms with van der Waals surface area (Å²) < 4.78 is 28.7. The Morgan fingerprint density at radius 2 is 1.72 bits per heavy atom. The molecule has 8 heteroatoms. The lowest BCUT2D eigenvalue weighted by molar-refractivity contribution is -0.118. The molecule has 0 spiro atoms. The van der Waals surface area contributed by atoms with Crippen LogP contribution in [0.15, 0.2) is 56.3 Å². The minimum Gasteiger partial charge on any atom is -0.326 e. The molecular formula is C17H18Br2N2O3S. The topological polar surface area (TPSA) is 75.3 Å². The lowest BCUT2D eigenvalue weighted by Gasteiger charge is -2.10. The van der Waals surface area contributed by atoms with Gasteiger partial charge in [0, 0.05) is 27.1 Å². The van der Waals surface area contributed by atoms with Gasteiger partial charge in [-0.2, -0.15) is 0 Å². The fraction of sp³-hybridized carbons (Fsp3) is 0.235. The highest BCUT2D eigenvalue weighted by molar-refractivity contribution is 9.11. The second-order valence-corrected chi connectivity index (χ2v) is 9.25. The molecule has 0 radical (unpaired) electrons. The van der Waals surface area contributed by atoms with Crippen molar-refractivity contribution < 1.29 is 13.2 Å². The molecule has 0 fully saturated rings. The molecule has 0 heterocycles. The van der Waals surface area contributed by atoms with Crippen molar-refractivity contribution in [3.63, 3.8) is 0 Å². The molecule has 134 valence electrons. The summed E-state index contributed by atoms with van der Waals surface area (Å²) in [5.41, 5.74) is 1.47. The van der Waals surface area contributed by atoms with E-state index in [0.29, 0.717) is 10.2 Å². The van der Waals surface area contributed by atoms with Crippen molar-refractivity contribution >= 4 is 53.5 Å². The first-order valence-corrected chi connectivity index (χ1v) is 10.6. The van der Waals surface area contributed by atoms with E-state index in [1.54, 1.807) is 36.4 Å². The second-order valence-electron chi connectivity index (χ2n) is 5.74. The summed E-state index contributed by atoms with van der Waals surface area (Å²) in [7, 11) is -3.63. The maximum absolute atomic E-state index is 12.4. The molecular weight excluding hydrogens is 472 g/mol. The molecule has 0 unspecified atom stereocenters. The Hall–Kier alpha value is -1.22. The van der Waals surface area contributed by atoms with E-state index in [4.69, 9.17) is 0 Å². The number of hydrogen-bond donors (Lipinski definition) is 2. The average molecular weight is 490 g/mol. The molecule has 0 aliphatic heterocycles. The Morgan fingerprint density at radius 1 is 1.08 bits per heavy atom. The van der Waals surface area contributed by atoms with Gasteiger partial charge in [0.2, 0.25) is 15.9 Å². The molecule has 0 saturated heterocycles. The Bertz CT molecular complexity index is 866. The predicted molar refractivity (Wildman–Crippen MR) is 106 cm³/mol. The Labute approximate surface area is 164 Å². The monoisotopic (exact) mass is 488 g/mol. The van der Waals surface area contributed by atoms with Crippen LogP contribution in [-0.4, -0.2) is 14.3 Å². The van der Waals surface area contributed by atoms with E-state index in [1.807, 2.05) is 13.8 Å². The minimum atomic E-state index is -3.63. The standard InChI is InChI=1S/C17H18Br2N2O3S/c1-11(2)17(22)21-14-6-3-12(4-7-14)10-20-25(23,24)16-8-5-13(18)9-15(16)19/h3-9,11,20H,10H2,1-2H3,(H,21,22). The van der Waals surface area contributed by atoms with Crippen molar-refractivity contribution in [2.45, 2.75) is 25.3 Å². The predicted octanol–water partition coefficient (Wildman–Crippen LogP) is 4.28. The van der Waals surface area contributed by atoms with Gasteiger partial charge in [0.1, 0.15) is 0 Å². The van der Waals surface area contributed by atoms with Crippen LogP contribution in [0, 0.1) is 5.92 Å². The number of sulfonamides is 1. The highest BCUT2D eigenvalue weighted by atomic mass is 79.9. The molecule has 1 amide bonds. The van der Waals surface area contributed by atoms with Crippen LogP contribution in [0.2, 0.25) is 0 Å². The van der Waals surface area contributed by atoms with E-state index in [0.717, 1.165) is 10.0 Å². The summed E-state index contributed by atoms with van der Waals surface area (Å²) in [6, 6.07) is 11.9. The Morgan fingerprint density at radius 3 is 2.28 bits per heavy atom. The van der Waals surface area contributed by atoms with Crippen LogP contribution in [0.5, 0.6) is 0 Å². The van der Waals surface area contributed by atoms with Gasteiger partial charge in [-0.25, -0.2) is 13.1 Å². The van der Waals surface area contributed by atoms with Crippen molar-refractivity contribution in [3.05, 3.63) is 57.0 Å². The number of carbonyl (C=O) groups is 1. The Balaban J connectivity index is 2.04. The van der Waals surface area contributed by atoms with Gasteiger partial charge in [0.25, 0.3) is 0 Å². The zero-order valence-electron chi connectivity index (χ0n) is 13.7. The summed E-state index contributed by atoms with van der Waals surface area (Å²) in [5.74, 6) is -0.163. The van der Waals surface area contributed by atoms with Crippen molar-refractivity contribution in [1.29, 1.82) is 0 Å². The van der Waals surface area contributed by atoms with Crippen molar-refractivity contribution in [2.75, 3.05) is 5.32 Å². The molecule has 0 atom stereocenters. The smallest absolute Gasteiger partial charge is 0.241 e. The molecule has 0 saturated carbocycles. The van der Waals surface area contributed by atoms with Crippen LogP contribution in [0.1, 0.15) is 19.4 Å². The highest BCUT2D eigenvalue weighted by Gasteiger charge is 2.17. The van der Waals surface area contributed by atoms with E-state index >= 15 is 0 Å². The van der Waals surface area contributed by atoms with Gasteiger partial charge in [0.05, 0.1) is 4.90 Å². The van der Waals surface area contributed by atoms with Crippen LogP contribution in [-0.2, 0) is 21.4 Å². The van der Waals surface area contributed by atoms with Crippen LogP contribution in [0.4, 0.5) is 5.69 Å². The fourth-order valence-electron chi connectivity index (χ4n) is 1.94. The number of benzene rings is 2. The van der Waals surface area contributed by atoms with Crippen LogP contribution >= 0.6 is 31.9 Å². The van der Waals surface area contributed by atoms with Gasteiger partial charge in [-0.3, -0.25) is 4.79 Å². The number of carbonyl (C=O) groups excluding carboxylic acids is 1. The van der Waals surface area contributed by atoms with Crippen molar-refractivity contribution in [3.8, 4) is 0 Å². The number of rotatable bonds is 6. The minimum absolute atomic E-state index is 0.0615. The second kappa shape index (κ2) is 8.44. The lowest BCUT2D eigenvalue weighted by atomic mass is 10.2. The van der Waals surface area contributed by atoms with Crippen molar-refractivity contribution in [2.24, 2.45) is 5.92 Å². The summed E-state index contributed by atoms with van der Waals surface area (Å²) >= 11 is 6.56. The maximum Gasteiger partial charge on any atom is 0.241 e. The summed E-state index contributed by atoms with van der Waals surface area (Å²) in [4.78, 5) is 11.8. The third kappa shape index (κ3) is 5.64. The summed E-state index contributed by atoms with van der Waals surface area (Å²) in [5, 5.41) is 2.79. The quantitative estimate of drug-likeness (QED) is 0.635. The summed E-state index contributed by atoms with van der Waals surface area (Å²) in [6.07, 6.45) is 0. The fourth-order valence-corrected chi connectivity index (χ4v) is 4.70. The molecule has 25 heavy (non-hydrogen) atoms. The SMILES string of the molecule is CC(C)C(=O)Nc1ccc(CNS(=O)(=O)c2ccc(Br)cc2Br)cc1. The zero-order valence-corrected chi connectivity index (χ0v) is 17.7. The average Bonchev–Trinajstić information content (AvgIpc) is 2.53. The summed E-state index contributed by atoms with van der Waals surface area (Å²) in [6.45, 7) is 3.79. The number of nitrogens with one attached hydrogen (secondary N) is 2. The normalized spacial score (nSPS) is 11.6. The molecule has 0 bridgehead atoms. The van der Waals surface area contributed by atoms with Crippen molar-refractivity contribution in [1.82, 2.24) is 4.72 Å². The van der Waals surface area contributed by atoms with Gasteiger partial charge in [0.15, 0.2) is 0 Å². The molecule has 2 aromatic rings. The van der Waals surface area contributed by atoms with E-state index in [-0.39, 0.29) is 23.3 Å². The molecule has 0 aromatic heterocycles. The molecule has 0 aliphatic carbocycles. The number of amides is 1. The molecule has 5 nitrogen and oxygen atoms in total. The van der Waals surface area contributed by atoms with Crippen LogP contribution in [0.25, 0.3) is 0 Å². The van der Waals surface area contributed by atoms with E-state index in [9.17, 15) is 13.2 Å². The molecule has 2 aromatic carbocycles. The van der Waals surface area contributed by atoms with Gasteiger partial charge in [-0.1, -0.05) is 41.9 Å². The van der Waals surface area contributed by atoms with Crippen LogP contribution in [0.3, 0.4) is 0 Å². The molecule has 0 aliphatic rings. The van der Waals surface area contributed by atoms with E-state index in [2.05, 4.69) is 41.9 Å². The first-order valence-electron chi connectivity index (χ1n) is 7.53. The lowest BCUT2D eigenvalue weighted by Crippen LogP contribution is -2.23. The first-order chi connectivity index (χ1) is 11.7. The number of anilines is 1. The third-order valence-electron chi connectivity index (χ3n) is 3.40. The molecule has 2 rings (SSSR count). The van der Waals surface area contributed by atoms with Gasteiger partial charge < -0.3 is 5.32 Å². The largest absolute Gasteiger partial charge is 0.326 e. The Kier molecular flexibility index (Phi) is 6.79. The highest BCUT2D eigenvalue weighted by Crippen LogP contribution is 2.25. The first kappa shape index (κ1) is 20.1.